The van der Waals surface area contributed by atoms with Crippen molar-refractivity contribution in [2.24, 2.45) is 5.92 Å². The van der Waals surface area contributed by atoms with E-state index in [1.165, 1.54) is 11.3 Å². The third-order valence-electron chi connectivity index (χ3n) is 7.46. The number of hydrogen-bond donors (Lipinski definition) is 1. The van der Waals surface area contributed by atoms with Crippen molar-refractivity contribution in [2.75, 3.05) is 39.2 Å². The molecule has 3 heterocycles. The third-order valence-corrected chi connectivity index (χ3v) is 8.49. The number of carbonyl (C=O) groups is 2. The molecule has 1 aliphatic heterocycles. The summed E-state index contributed by atoms with van der Waals surface area (Å²) in [6.07, 6.45) is 3.46. The smallest absolute Gasteiger partial charge is 0.284 e. The molecule has 5 rings (SSSR count). The lowest BCUT2D eigenvalue weighted by Gasteiger charge is -2.36. The van der Waals surface area contributed by atoms with Gasteiger partial charge in [0.2, 0.25) is 0 Å². The first-order valence-electron chi connectivity index (χ1n) is 13.7. The molecule has 0 bridgehead atoms. The van der Waals surface area contributed by atoms with Crippen molar-refractivity contribution in [3.8, 4) is 5.75 Å². The van der Waals surface area contributed by atoms with Gasteiger partial charge in [0.25, 0.3) is 11.8 Å². The topological polar surface area (TPSA) is 96.9 Å². The van der Waals surface area contributed by atoms with E-state index in [0.29, 0.717) is 35.2 Å². The third kappa shape index (κ3) is 6.73. The molecule has 4 aromatic rings. The number of rotatable bonds is 5. The molecule has 0 fully saturated rings. The molecule has 0 aliphatic carbocycles. The molecule has 2 aromatic heterocycles. The molecule has 9 nitrogen and oxygen atoms in total. The number of pyridine rings is 1. The van der Waals surface area contributed by atoms with Crippen LogP contribution in [-0.4, -0.2) is 77.6 Å². The van der Waals surface area contributed by atoms with E-state index in [0.717, 1.165) is 28.9 Å². The number of nitrogens with one attached hydrogen (secondary N) is 1. The van der Waals surface area contributed by atoms with E-state index in [1.807, 2.05) is 36.4 Å². The van der Waals surface area contributed by atoms with Crippen LogP contribution in [0.4, 0.5) is 5.69 Å². The standard InChI is InChI=1S/C31H35N5O4S/c1-20-16-36(17-22-11-13-32-14-12-22)21(2)19-40-26-15-23(9-10-24(26)31(38)35(3)18-27(20)39-4)33-29(37)30-34-25-7-5-6-8-28(25)41-30/h5-15,20-21,27H,16-19H2,1-4H3,(H,33,37)/t20-,21+,27-/m1/s1. The summed E-state index contributed by atoms with van der Waals surface area (Å²) in [6, 6.07) is 16.9. The minimum Gasteiger partial charge on any atom is -0.491 e. The van der Waals surface area contributed by atoms with Gasteiger partial charge in [0.1, 0.15) is 12.4 Å². The second-order valence-corrected chi connectivity index (χ2v) is 11.6. The fourth-order valence-corrected chi connectivity index (χ4v) is 5.88. The number of carbonyl (C=O) groups excluding carboxylic acids is 2. The predicted octanol–water partition coefficient (Wildman–Crippen LogP) is 4.95. The van der Waals surface area contributed by atoms with Crippen molar-refractivity contribution in [2.45, 2.75) is 32.5 Å². The summed E-state index contributed by atoms with van der Waals surface area (Å²) in [6.45, 7) is 6.55. The van der Waals surface area contributed by atoms with Crippen molar-refractivity contribution in [3.63, 3.8) is 0 Å². The summed E-state index contributed by atoms with van der Waals surface area (Å²) in [5.41, 5.74) is 2.90. The fraction of sp³-hybridized carbons (Fsp3) is 0.355. The van der Waals surface area contributed by atoms with Gasteiger partial charge in [0.15, 0.2) is 5.01 Å². The lowest BCUT2D eigenvalue weighted by Crippen LogP contribution is -2.46. The van der Waals surface area contributed by atoms with Crippen LogP contribution in [-0.2, 0) is 11.3 Å². The number of benzene rings is 2. The first kappa shape index (κ1) is 28.7. The summed E-state index contributed by atoms with van der Waals surface area (Å²) in [4.78, 5) is 39.2. The van der Waals surface area contributed by atoms with Crippen molar-refractivity contribution in [1.82, 2.24) is 19.8 Å². The monoisotopic (exact) mass is 573 g/mol. The van der Waals surface area contributed by atoms with Gasteiger partial charge < -0.3 is 19.7 Å². The van der Waals surface area contributed by atoms with E-state index in [2.05, 4.69) is 34.0 Å². The fourth-order valence-electron chi connectivity index (χ4n) is 5.02. The van der Waals surface area contributed by atoms with Gasteiger partial charge in [0, 0.05) is 64.0 Å². The van der Waals surface area contributed by atoms with Crippen LogP contribution >= 0.6 is 11.3 Å². The maximum Gasteiger partial charge on any atom is 0.284 e. The molecular weight excluding hydrogens is 538 g/mol. The summed E-state index contributed by atoms with van der Waals surface area (Å²) in [5.74, 6) is 0.109. The number of likely N-dealkylation sites (N-methyl/N-ethyl adjacent to an activating group) is 1. The molecule has 1 aliphatic rings. The van der Waals surface area contributed by atoms with Gasteiger partial charge >= 0.3 is 0 Å². The quantitative estimate of drug-likeness (QED) is 0.361. The Labute approximate surface area is 244 Å². The Morgan fingerprint density at radius 3 is 2.66 bits per heavy atom. The highest BCUT2D eigenvalue weighted by atomic mass is 32.1. The molecule has 0 spiro atoms. The first-order chi connectivity index (χ1) is 19.8. The summed E-state index contributed by atoms with van der Waals surface area (Å²) < 4.78 is 13.1. The van der Waals surface area contributed by atoms with Gasteiger partial charge in [0.05, 0.1) is 21.9 Å². The Morgan fingerprint density at radius 2 is 1.90 bits per heavy atom. The van der Waals surface area contributed by atoms with E-state index in [4.69, 9.17) is 9.47 Å². The van der Waals surface area contributed by atoms with Crippen LogP contribution in [0.5, 0.6) is 5.75 Å². The largest absolute Gasteiger partial charge is 0.491 e. The second-order valence-electron chi connectivity index (χ2n) is 10.5. The Kier molecular flexibility index (Phi) is 8.92. The zero-order valence-corrected chi connectivity index (χ0v) is 24.6. The number of anilines is 1. The van der Waals surface area contributed by atoms with Gasteiger partial charge in [-0.15, -0.1) is 11.3 Å². The zero-order valence-electron chi connectivity index (χ0n) is 23.7. The number of aromatic nitrogens is 2. The van der Waals surface area contributed by atoms with Crippen LogP contribution in [0.15, 0.2) is 67.0 Å². The Morgan fingerprint density at radius 1 is 1.12 bits per heavy atom. The Hall–Kier alpha value is -3.86. The van der Waals surface area contributed by atoms with Crippen LogP contribution < -0.4 is 10.1 Å². The minimum atomic E-state index is -0.309. The van der Waals surface area contributed by atoms with E-state index in [9.17, 15) is 9.59 Å². The SMILES string of the molecule is CO[C@@H]1CN(C)C(=O)c2ccc(NC(=O)c3nc4ccccc4s3)cc2OC[C@H](C)N(Cc2ccncc2)C[C@H]1C. The van der Waals surface area contributed by atoms with Crippen molar-refractivity contribution in [1.29, 1.82) is 0 Å². The van der Waals surface area contributed by atoms with Crippen LogP contribution in [0.2, 0.25) is 0 Å². The van der Waals surface area contributed by atoms with Gasteiger partial charge in [-0.1, -0.05) is 19.1 Å². The van der Waals surface area contributed by atoms with Gasteiger partial charge in [-0.2, -0.15) is 0 Å². The summed E-state index contributed by atoms with van der Waals surface area (Å²) >= 11 is 1.34. The molecule has 3 atom stereocenters. The van der Waals surface area contributed by atoms with Crippen LogP contribution in [0, 0.1) is 5.92 Å². The maximum absolute atomic E-state index is 13.5. The summed E-state index contributed by atoms with van der Waals surface area (Å²) in [5, 5.41) is 3.30. The number of fused-ring (bicyclic) bond motifs is 2. The van der Waals surface area contributed by atoms with Gasteiger partial charge in [-0.3, -0.25) is 19.5 Å². The second kappa shape index (κ2) is 12.8. The van der Waals surface area contributed by atoms with Crippen molar-refractivity contribution in [3.05, 3.63) is 83.1 Å². The van der Waals surface area contributed by atoms with E-state index < -0.39 is 0 Å². The maximum atomic E-state index is 13.5. The van der Waals surface area contributed by atoms with Gasteiger partial charge in [-0.05, 0) is 54.8 Å². The number of amides is 2. The molecule has 41 heavy (non-hydrogen) atoms. The van der Waals surface area contributed by atoms with Crippen LogP contribution in [0.3, 0.4) is 0 Å². The number of hydrogen-bond acceptors (Lipinski definition) is 8. The number of para-hydroxylation sites is 1. The van der Waals surface area contributed by atoms with E-state index in [-0.39, 0.29) is 29.9 Å². The van der Waals surface area contributed by atoms with Crippen molar-refractivity contribution >= 4 is 39.1 Å². The number of thiazole rings is 1. The lowest BCUT2D eigenvalue weighted by molar-refractivity contribution is 0.00921. The van der Waals surface area contributed by atoms with Gasteiger partial charge in [-0.25, -0.2) is 4.98 Å². The molecule has 0 radical (unpaired) electrons. The molecule has 0 unspecified atom stereocenters. The average molecular weight is 574 g/mol. The number of methoxy groups -OCH3 is 1. The molecule has 2 amide bonds. The Bertz CT molecular complexity index is 1480. The minimum absolute atomic E-state index is 0.0317. The molecule has 0 saturated carbocycles. The van der Waals surface area contributed by atoms with Crippen molar-refractivity contribution < 1.29 is 19.1 Å². The number of nitrogens with zero attached hydrogens (tertiary/aromatic N) is 4. The molecule has 214 valence electrons. The zero-order chi connectivity index (χ0) is 28.9. The highest BCUT2D eigenvalue weighted by molar-refractivity contribution is 7.20. The average Bonchev–Trinajstić information content (AvgIpc) is 3.43. The molecule has 2 aromatic carbocycles. The summed E-state index contributed by atoms with van der Waals surface area (Å²) in [7, 11) is 3.47. The highest BCUT2D eigenvalue weighted by Gasteiger charge is 2.28. The molecule has 0 saturated heterocycles. The van der Waals surface area contributed by atoms with Crippen LogP contribution in [0.25, 0.3) is 10.2 Å². The lowest BCUT2D eigenvalue weighted by atomic mass is 10.0. The van der Waals surface area contributed by atoms with Crippen LogP contribution in [0.1, 0.15) is 39.6 Å². The highest BCUT2D eigenvalue weighted by Crippen LogP contribution is 2.28. The molecule has 1 N–H and O–H groups in total. The Balaban J connectivity index is 1.42. The normalized spacial score (nSPS) is 20.5. The first-order valence-corrected chi connectivity index (χ1v) is 14.5. The molecular formula is C31H35N5O4S. The van der Waals surface area contributed by atoms with E-state index in [1.54, 1.807) is 49.7 Å². The number of ether oxygens (including phenoxy) is 2. The molecule has 10 heteroatoms. The van der Waals surface area contributed by atoms with E-state index >= 15 is 0 Å². The predicted molar refractivity (Wildman–Crippen MR) is 161 cm³/mol.